The highest BCUT2D eigenvalue weighted by molar-refractivity contribution is 7.78. The minimum atomic E-state index is 0.572. The molecule has 1 heterocycles. The molecule has 2 nitrogen and oxygen atoms in total. The van der Waals surface area contributed by atoms with Crippen molar-refractivity contribution in [2.45, 2.75) is 6.92 Å². The number of aryl methyl sites for hydroxylation is 1. The molecular formula is C6H4N2S2. The molecule has 1 aromatic rings. The maximum Gasteiger partial charge on any atom is 0.151 e. The quantitative estimate of drug-likeness (QED) is 0.517. The predicted molar refractivity (Wildman–Crippen MR) is 46.0 cm³/mol. The topological polar surface area (TPSA) is 28.7 Å². The van der Waals surface area contributed by atoms with E-state index in [0.717, 1.165) is 5.82 Å². The summed E-state index contributed by atoms with van der Waals surface area (Å²) in [6, 6.07) is 0. The lowest BCUT2D eigenvalue weighted by Gasteiger charge is -1.69. The van der Waals surface area contributed by atoms with Gasteiger partial charge in [-0.15, -0.1) is 0 Å². The zero-order valence-electron chi connectivity index (χ0n) is 5.26. The number of rotatable bonds is 0. The van der Waals surface area contributed by atoms with E-state index in [0.29, 0.717) is 10.7 Å². The molecule has 0 atom stereocenters. The number of imidazole rings is 1. The maximum atomic E-state index is 4.58. The molecule has 0 aromatic carbocycles. The van der Waals surface area contributed by atoms with E-state index in [4.69, 9.17) is 0 Å². The third-order valence-electron chi connectivity index (χ3n) is 1.02. The summed E-state index contributed by atoms with van der Waals surface area (Å²) < 4.78 is 0. The van der Waals surface area contributed by atoms with Crippen LogP contribution >= 0.6 is 24.4 Å². The zero-order valence-corrected chi connectivity index (χ0v) is 6.90. The number of hydrogen-bond donors (Lipinski definition) is 1. The second-order valence-electron chi connectivity index (χ2n) is 1.75. The summed E-state index contributed by atoms with van der Waals surface area (Å²) in [6.07, 6.45) is 0. The van der Waals surface area contributed by atoms with Crippen LogP contribution < -0.4 is 10.7 Å². The van der Waals surface area contributed by atoms with Crippen LogP contribution in [0.2, 0.25) is 0 Å². The summed E-state index contributed by atoms with van der Waals surface area (Å²) >= 11 is 9.14. The van der Waals surface area contributed by atoms with Crippen LogP contribution in [0.25, 0.3) is 0 Å². The van der Waals surface area contributed by atoms with E-state index >= 15 is 0 Å². The zero-order chi connectivity index (χ0) is 7.56. The van der Waals surface area contributed by atoms with Gasteiger partial charge in [-0.2, -0.15) is 0 Å². The van der Waals surface area contributed by atoms with Gasteiger partial charge in [0.05, 0.1) is 0 Å². The average molecular weight is 168 g/mol. The van der Waals surface area contributed by atoms with Gasteiger partial charge in [0, 0.05) is 0 Å². The summed E-state index contributed by atoms with van der Waals surface area (Å²) in [6.45, 7) is 1.83. The first kappa shape index (κ1) is 7.32. The van der Waals surface area contributed by atoms with Crippen molar-refractivity contribution >= 4 is 34.5 Å². The Morgan fingerprint density at radius 1 is 1.40 bits per heavy atom. The number of nitrogens with zero attached hydrogens (tertiary/aromatic N) is 1. The molecule has 1 N–H and O–H groups in total. The molecule has 0 saturated heterocycles. The highest BCUT2D eigenvalue weighted by Gasteiger charge is 1.88. The molecule has 0 unspecified atom stereocenters. The van der Waals surface area contributed by atoms with Crippen LogP contribution in [0.5, 0.6) is 0 Å². The van der Waals surface area contributed by atoms with Crippen LogP contribution in [-0.2, 0) is 0 Å². The molecule has 1 aromatic heterocycles. The summed E-state index contributed by atoms with van der Waals surface area (Å²) in [5.74, 6) is 0.778. The van der Waals surface area contributed by atoms with E-state index in [-0.39, 0.29) is 0 Å². The van der Waals surface area contributed by atoms with E-state index < -0.39 is 0 Å². The minimum absolute atomic E-state index is 0.572. The first-order valence-electron chi connectivity index (χ1n) is 2.61. The Labute approximate surface area is 68.3 Å². The van der Waals surface area contributed by atoms with E-state index in [9.17, 15) is 0 Å². The number of H-pyrrole nitrogens is 1. The van der Waals surface area contributed by atoms with Gasteiger partial charge in [-0.3, -0.25) is 0 Å². The fraction of sp³-hybridized carbons (Fsp3) is 0.167. The van der Waals surface area contributed by atoms with Crippen LogP contribution in [0.15, 0.2) is 0 Å². The monoisotopic (exact) mass is 168 g/mol. The number of thiocarbonyl (C=S) groups is 2. The highest BCUT2D eigenvalue weighted by atomic mass is 32.1. The average Bonchev–Trinajstić information content (AvgIpc) is 2.30. The molecule has 0 aliphatic rings. The van der Waals surface area contributed by atoms with Gasteiger partial charge >= 0.3 is 0 Å². The smallest absolute Gasteiger partial charge is 0.151 e. The highest BCUT2D eigenvalue weighted by Crippen LogP contribution is 1.67. The van der Waals surface area contributed by atoms with Gasteiger partial charge in [0.15, 0.2) is 5.35 Å². The Kier molecular flexibility index (Phi) is 2.10. The molecule has 0 radical (unpaired) electrons. The van der Waals surface area contributed by atoms with Crippen LogP contribution in [0.1, 0.15) is 5.82 Å². The molecule has 10 heavy (non-hydrogen) atoms. The van der Waals surface area contributed by atoms with Gasteiger partial charge in [0.25, 0.3) is 0 Å². The van der Waals surface area contributed by atoms with Crippen LogP contribution in [0, 0.1) is 6.92 Å². The van der Waals surface area contributed by atoms with E-state index in [1.807, 2.05) is 6.92 Å². The molecule has 4 heteroatoms. The standard InChI is InChI=1S/C6H4N2S2/c1-4-7-5(2-9)6(3-10)8-4/h1H3,(H,7,8). The lowest BCUT2D eigenvalue weighted by Crippen LogP contribution is -2.26. The Morgan fingerprint density at radius 2 is 2.10 bits per heavy atom. The molecule has 0 saturated carbocycles. The molecule has 0 fully saturated rings. The van der Waals surface area contributed by atoms with Gasteiger partial charge in [-0.25, -0.2) is 4.98 Å². The van der Waals surface area contributed by atoms with Crippen LogP contribution in [0.3, 0.4) is 0 Å². The summed E-state index contributed by atoms with van der Waals surface area (Å²) in [5.41, 5.74) is 0. The Morgan fingerprint density at radius 3 is 2.50 bits per heavy atom. The second-order valence-corrected chi connectivity index (χ2v) is 2.16. The molecule has 0 bridgehead atoms. The van der Waals surface area contributed by atoms with Crippen molar-refractivity contribution in [1.29, 1.82) is 0 Å². The molecular weight excluding hydrogens is 164 g/mol. The number of nitrogens with one attached hydrogen (secondary N) is 1. The van der Waals surface area contributed by atoms with Crippen molar-refractivity contribution in [1.82, 2.24) is 9.97 Å². The molecule has 50 valence electrons. The van der Waals surface area contributed by atoms with Crippen molar-refractivity contribution in [3.8, 4) is 0 Å². The van der Waals surface area contributed by atoms with Crippen molar-refractivity contribution in [2.75, 3.05) is 0 Å². The largest absolute Gasteiger partial charge is 0.334 e. The molecule has 0 aliphatic heterocycles. The number of aromatic amines is 1. The fourth-order valence-corrected chi connectivity index (χ4v) is 0.935. The lowest BCUT2D eigenvalue weighted by atomic mass is 10.6. The van der Waals surface area contributed by atoms with Crippen molar-refractivity contribution in [3.63, 3.8) is 0 Å². The second kappa shape index (κ2) is 2.86. The predicted octanol–water partition coefficient (Wildman–Crippen LogP) is -0.741. The number of hydrogen-bond acceptors (Lipinski definition) is 3. The molecule has 1 rings (SSSR count). The van der Waals surface area contributed by atoms with E-state index in [1.165, 1.54) is 0 Å². The van der Waals surface area contributed by atoms with Crippen molar-refractivity contribution in [3.05, 3.63) is 16.5 Å². The Hall–Kier alpha value is -0.790. The normalized spacial score (nSPS) is 8.50. The lowest BCUT2D eigenvalue weighted by molar-refractivity contribution is 1.13. The molecule has 0 aliphatic carbocycles. The van der Waals surface area contributed by atoms with Gasteiger partial charge in [0.2, 0.25) is 0 Å². The SMILES string of the molecule is Cc1nc(=C=S)c(=C=S)[nH]1. The van der Waals surface area contributed by atoms with Gasteiger partial charge in [-0.05, 0) is 41.4 Å². The van der Waals surface area contributed by atoms with Crippen molar-refractivity contribution in [2.24, 2.45) is 0 Å². The molecule has 0 spiro atoms. The van der Waals surface area contributed by atoms with E-state index in [2.05, 4.69) is 44.4 Å². The first-order chi connectivity index (χ1) is 4.77. The summed E-state index contributed by atoms with van der Waals surface area (Å²) in [4.78, 5) is 6.89. The Bertz CT molecular complexity index is 356. The maximum absolute atomic E-state index is 4.58. The minimum Gasteiger partial charge on any atom is -0.334 e. The van der Waals surface area contributed by atoms with Gasteiger partial charge < -0.3 is 4.98 Å². The van der Waals surface area contributed by atoms with Gasteiger partial charge in [0.1, 0.15) is 11.2 Å². The molecule has 0 amide bonds. The van der Waals surface area contributed by atoms with E-state index in [1.54, 1.807) is 0 Å². The Balaban J connectivity index is 3.87. The number of aromatic nitrogens is 2. The summed E-state index contributed by atoms with van der Waals surface area (Å²) in [7, 11) is 0. The third-order valence-corrected chi connectivity index (χ3v) is 1.42. The van der Waals surface area contributed by atoms with Crippen LogP contribution in [0.4, 0.5) is 0 Å². The third kappa shape index (κ3) is 1.20. The first-order valence-corrected chi connectivity index (χ1v) is 3.42. The fourth-order valence-electron chi connectivity index (χ4n) is 0.639. The van der Waals surface area contributed by atoms with Crippen LogP contribution in [-0.4, -0.2) is 20.0 Å². The van der Waals surface area contributed by atoms with Gasteiger partial charge in [-0.1, -0.05) is 0 Å². The van der Waals surface area contributed by atoms with Crippen molar-refractivity contribution < 1.29 is 0 Å². The summed E-state index contributed by atoms with van der Waals surface area (Å²) in [5, 5.41) is 6.20.